The van der Waals surface area contributed by atoms with Crippen molar-refractivity contribution in [1.29, 1.82) is 0 Å². The largest absolute Gasteiger partial charge is 0.481 e. The van der Waals surface area contributed by atoms with E-state index in [9.17, 15) is 13.8 Å². The Hall–Kier alpha value is -1.77. The van der Waals surface area contributed by atoms with Gasteiger partial charge in [-0.3, -0.25) is 13.8 Å². The first-order valence-electron chi connectivity index (χ1n) is 10.8. The average Bonchev–Trinajstić information content (AvgIpc) is 2.79. The standard InChI is InChI=1S/C13H25NO6S.C10H14/c1-5-7-14(21(18)19-4)8-6-9-20-13(17)11(3)10(2)12(15)16;1-3-9(2)10-7-5-4-6-8-10/h10-11H,5-9H2,1-4H3,(H,15,16);4-9H,3H2,1-2H3. The van der Waals surface area contributed by atoms with Crippen molar-refractivity contribution < 1.29 is 27.8 Å². The fraction of sp³-hybridized carbons (Fsp3) is 0.652. The van der Waals surface area contributed by atoms with Gasteiger partial charge in [0.15, 0.2) is 0 Å². The zero-order valence-corrected chi connectivity index (χ0v) is 20.5. The Morgan fingerprint density at radius 1 is 1.06 bits per heavy atom. The Morgan fingerprint density at radius 2 is 1.68 bits per heavy atom. The average molecular weight is 458 g/mol. The molecule has 0 bridgehead atoms. The van der Waals surface area contributed by atoms with Crippen LogP contribution in [0.5, 0.6) is 0 Å². The minimum atomic E-state index is -1.49. The molecular formula is C23H39NO6S. The minimum absolute atomic E-state index is 0.163. The third kappa shape index (κ3) is 12.0. The summed E-state index contributed by atoms with van der Waals surface area (Å²) in [5, 5.41) is 8.83. The molecule has 0 aliphatic rings. The Morgan fingerprint density at radius 3 is 2.16 bits per heavy atom. The molecule has 4 unspecified atom stereocenters. The number of aliphatic carboxylic acids is 1. The van der Waals surface area contributed by atoms with Gasteiger partial charge in [0.2, 0.25) is 11.3 Å². The van der Waals surface area contributed by atoms with Crippen LogP contribution in [0.4, 0.5) is 0 Å². The number of carboxylic acids is 1. The first kappa shape index (κ1) is 29.2. The Balaban J connectivity index is 0.000000743. The summed E-state index contributed by atoms with van der Waals surface area (Å²) in [7, 11) is 1.37. The number of carbonyl (C=O) groups excluding carboxylic acids is 1. The van der Waals surface area contributed by atoms with Crippen LogP contribution in [0.2, 0.25) is 0 Å². The molecule has 0 radical (unpaired) electrons. The molecule has 8 heteroatoms. The van der Waals surface area contributed by atoms with Gasteiger partial charge in [-0.15, -0.1) is 0 Å². The second-order valence-electron chi connectivity index (χ2n) is 7.47. The van der Waals surface area contributed by atoms with Crippen molar-refractivity contribution in [3.8, 4) is 0 Å². The lowest BCUT2D eigenvalue weighted by Gasteiger charge is -2.19. The summed E-state index contributed by atoms with van der Waals surface area (Å²) in [4.78, 5) is 22.4. The monoisotopic (exact) mass is 457 g/mol. The van der Waals surface area contributed by atoms with Crippen molar-refractivity contribution in [2.24, 2.45) is 11.8 Å². The first-order valence-corrected chi connectivity index (χ1v) is 11.9. The number of carbonyl (C=O) groups is 2. The highest BCUT2D eigenvalue weighted by Crippen LogP contribution is 2.17. The summed E-state index contributed by atoms with van der Waals surface area (Å²) in [5.41, 5.74) is 1.45. The Bertz CT molecular complexity index is 655. The maximum absolute atomic E-state index is 11.7. The third-order valence-electron chi connectivity index (χ3n) is 5.11. The lowest BCUT2D eigenvalue weighted by molar-refractivity contribution is -0.156. The molecule has 0 aliphatic heterocycles. The molecule has 0 spiro atoms. The van der Waals surface area contributed by atoms with Crippen molar-refractivity contribution in [2.75, 3.05) is 26.8 Å². The van der Waals surface area contributed by atoms with Crippen LogP contribution in [-0.2, 0) is 29.8 Å². The van der Waals surface area contributed by atoms with E-state index in [0.29, 0.717) is 25.4 Å². The van der Waals surface area contributed by atoms with Crippen LogP contribution in [0, 0.1) is 11.8 Å². The number of nitrogens with zero attached hydrogens (tertiary/aromatic N) is 1. The van der Waals surface area contributed by atoms with E-state index in [2.05, 4.69) is 44.2 Å². The molecule has 0 saturated carbocycles. The van der Waals surface area contributed by atoms with E-state index in [-0.39, 0.29) is 6.61 Å². The van der Waals surface area contributed by atoms with Gasteiger partial charge >= 0.3 is 11.9 Å². The van der Waals surface area contributed by atoms with E-state index >= 15 is 0 Å². The molecule has 0 amide bonds. The van der Waals surface area contributed by atoms with Crippen LogP contribution in [0.1, 0.15) is 65.4 Å². The van der Waals surface area contributed by atoms with E-state index in [1.54, 1.807) is 4.31 Å². The highest BCUT2D eigenvalue weighted by atomic mass is 32.2. The third-order valence-corrected chi connectivity index (χ3v) is 6.19. The van der Waals surface area contributed by atoms with Gasteiger partial charge in [-0.05, 0) is 30.7 Å². The number of benzene rings is 1. The smallest absolute Gasteiger partial charge is 0.309 e. The fourth-order valence-corrected chi connectivity index (χ4v) is 3.42. The zero-order chi connectivity index (χ0) is 23.8. The maximum Gasteiger partial charge on any atom is 0.309 e. The molecule has 0 fully saturated rings. The fourth-order valence-electron chi connectivity index (χ4n) is 2.60. The van der Waals surface area contributed by atoms with Gasteiger partial charge in [0.25, 0.3) is 0 Å². The van der Waals surface area contributed by atoms with E-state index in [1.807, 2.05) is 6.92 Å². The molecule has 0 aliphatic carbocycles. The zero-order valence-electron chi connectivity index (χ0n) is 19.7. The molecule has 1 aromatic rings. The number of esters is 1. The quantitative estimate of drug-likeness (QED) is 0.348. The van der Waals surface area contributed by atoms with Crippen molar-refractivity contribution in [1.82, 2.24) is 4.31 Å². The van der Waals surface area contributed by atoms with Gasteiger partial charge in [0, 0.05) is 13.1 Å². The van der Waals surface area contributed by atoms with Gasteiger partial charge in [0.1, 0.15) is 0 Å². The van der Waals surface area contributed by atoms with Crippen molar-refractivity contribution >= 4 is 23.2 Å². The molecule has 1 N–H and O–H groups in total. The van der Waals surface area contributed by atoms with Crippen LogP contribution >= 0.6 is 0 Å². The molecule has 31 heavy (non-hydrogen) atoms. The van der Waals surface area contributed by atoms with Crippen LogP contribution in [0.25, 0.3) is 0 Å². The summed E-state index contributed by atoms with van der Waals surface area (Å²) in [6.07, 6.45) is 2.57. The summed E-state index contributed by atoms with van der Waals surface area (Å²) in [5.74, 6) is -2.32. The lowest BCUT2D eigenvalue weighted by atomic mass is 9.96. The molecular weight excluding hydrogens is 418 g/mol. The van der Waals surface area contributed by atoms with E-state index in [4.69, 9.17) is 14.0 Å². The first-order chi connectivity index (χ1) is 14.7. The SMILES string of the molecule is CCC(C)c1ccccc1.CCCN(CCCOC(=O)C(C)C(C)C(=O)O)S(=O)OC. The van der Waals surface area contributed by atoms with Crippen LogP contribution < -0.4 is 0 Å². The lowest BCUT2D eigenvalue weighted by Crippen LogP contribution is -2.30. The predicted molar refractivity (Wildman–Crippen MR) is 124 cm³/mol. The second kappa shape index (κ2) is 16.9. The molecule has 0 heterocycles. The molecule has 0 saturated heterocycles. The van der Waals surface area contributed by atoms with Gasteiger partial charge in [0.05, 0.1) is 25.6 Å². The molecule has 4 atom stereocenters. The summed E-state index contributed by atoms with van der Waals surface area (Å²) < 4.78 is 23.0. The summed E-state index contributed by atoms with van der Waals surface area (Å²) in [6.45, 7) is 10.7. The summed E-state index contributed by atoms with van der Waals surface area (Å²) in [6, 6.07) is 10.6. The number of rotatable bonds is 13. The highest BCUT2D eigenvalue weighted by molar-refractivity contribution is 7.77. The highest BCUT2D eigenvalue weighted by Gasteiger charge is 2.27. The maximum atomic E-state index is 11.7. The molecule has 0 aromatic heterocycles. The van der Waals surface area contributed by atoms with E-state index in [1.165, 1.54) is 32.9 Å². The molecule has 1 aromatic carbocycles. The molecule has 1 rings (SSSR count). The van der Waals surface area contributed by atoms with Crippen LogP contribution in [0.15, 0.2) is 30.3 Å². The van der Waals surface area contributed by atoms with E-state index in [0.717, 1.165) is 6.42 Å². The molecule has 7 nitrogen and oxygen atoms in total. The van der Waals surface area contributed by atoms with Crippen molar-refractivity contribution in [2.45, 2.75) is 59.8 Å². The topological polar surface area (TPSA) is 93.1 Å². The second-order valence-corrected chi connectivity index (χ2v) is 8.75. The van der Waals surface area contributed by atoms with E-state index < -0.39 is 35.0 Å². The van der Waals surface area contributed by atoms with Crippen molar-refractivity contribution in [3.05, 3.63) is 35.9 Å². The van der Waals surface area contributed by atoms with Gasteiger partial charge in [-0.1, -0.05) is 65.0 Å². The number of hydrogen-bond donors (Lipinski definition) is 1. The number of carboxylic acid groups (broad SMARTS) is 1. The van der Waals surface area contributed by atoms with Gasteiger partial charge in [-0.25, -0.2) is 8.51 Å². The van der Waals surface area contributed by atoms with Gasteiger partial charge in [-0.2, -0.15) is 0 Å². The van der Waals surface area contributed by atoms with Crippen LogP contribution in [-0.4, -0.2) is 52.4 Å². The van der Waals surface area contributed by atoms with Crippen molar-refractivity contribution in [3.63, 3.8) is 0 Å². The number of ether oxygens (including phenoxy) is 1. The Labute approximate surface area is 189 Å². The molecule has 178 valence electrons. The normalized spacial score (nSPS) is 14.7. The number of hydrogen-bond acceptors (Lipinski definition) is 5. The minimum Gasteiger partial charge on any atom is -0.481 e. The summed E-state index contributed by atoms with van der Waals surface area (Å²) >= 11 is -1.49. The van der Waals surface area contributed by atoms with Gasteiger partial charge < -0.3 is 9.84 Å². The van der Waals surface area contributed by atoms with Crippen LogP contribution in [0.3, 0.4) is 0 Å². The Kier molecular flexibility index (Phi) is 15.9. The predicted octanol–water partition coefficient (Wildman–Crippen LogP) is 4.41.